The number of nitrogens with one attached hydrogen (secondary N) is 2. The van der Waals surface area contributed by atoms with Crippen molar-refractivity contribution in [1.82, 2.24) is 20.4 Å². The smallest absolute Gasteiger partial charge is 0.255 e. The first-order chi connectivity index (χ1) is 17.8. The highest BCUT2D eigenvalue weighted by molar-refractivity contribution is 5.99. The van der Waals surface area contributed by atoms with Gasteiger partial charge >= 0.3 is 0 Å². The van der Waals surface area contributed by atoms with Crippen molar-refractivity contribution in [3.63, 3.8) is 0 Å². The van der Waals surface area contributed by atoms with E-state index in [9.17, 15) is 14.7 Å². The van der Waals surface area contributed by atoms with Crippen LogP contribution in [0.15, 0.2) is 42.5 Å². The van der Waals surface area contributed by atoms with Gasteiger partial charge in [-0.2, -0.15) is 5.10 Å². The molecule has 2 aromatic carbocycles. The van der Waals surface area contributed by atoms with Crippen molar-refractivity contribution in [3.05, 3.63) is 76.0 Å². The van der Waals surface area contributed by atoms with Gasteiger partial charge in [-0.05, 0) is 78.8 Å². The molecule has 3 N–H and O–H groups in total. The Balaban J connectivity index is 1.20. The molecule has 0 spiro atoms. The summed E-state index contributed by atoms with van der Waals surface area (Å²) in [5.41, 5.74) is 7.80. The summed E-state index contributed by atoms with van der Waals surface area (Å²) < 4.78 is 0. The molecule has 2 amide bonds. The van der Waals surface area contributed by atoms with Crippen molar-refractivity contribution < 1.29 is 14.7 Å². The monoisotopic (exact) mass is 498 g/mol. The number of aromatic amines is 1. The van der Waals surface area contributed by atoms with Gasteiger partial charge in [0.1, 0.15) is 0 Å². The number of H-pyrrole nitrogens is 1. The van der Waals surface area contributed by atoms with Crippen LogP contribution >= 0.6 is 0 Å². The highest BCUT2D eigenvalue weighted by Gasteiger charge is 2.34. The molecule has 1 aromatic heterocycles. The highest BCUT2D eigenvalue weighted by Crippen LogP contribution is 2.39. The molecule has 7 nitrogen and oxygen atoms in total. The van der Waals surface area contributed by atoms with Crippen LogP contribution in [0.3, 0.4) is 0 Å². The molecule has 1 saturated carbocycles. The van der Waals surface area contributed by atoms with Crippen molar-refractivity contribution in [2.45, 2.75) is 58.5 Å². The zero-order valence-corrected chi connectivity index (χ0v) is 21.5. The van der Waals surface area contributed by atoms with Crippen LogP contribution in [0.25, 0.3) is 11.3 Å². The van der Waals surface area contributed by atoms with E-state index >= 15 is 0 Å². The topological polar surface area (TPSA) is 98.3 Å². The number of rotatable bonds is 7. The second kappa shape index (κ2) is 9.14. The van der Waals surface area contributed by atoms with Gasteiger partial charge in [0, 0.05) is 41.0 Å². The molecule has 0 unspecified atom stereocenters. The molecule has 1 fully saturated rings. The van der Waals surface area contributed by atoms with Gasteiger partial charge < -0.3 is 15.3 Å². The molecule has 6 rings (SSSR count). The van der Waals surface area contributed by atoms with Gasteiger partial charge in [0.25, 0.3) is 11.8 Å². The van der Waals surface area contributed by atoms with E-state index in [1.165, 1.54) is 24.1 Å². The zero-order chi connectivity index (χ0) is 25.7. The van der Waals surface area contributed by atoms with E-state index < -0.39 is 6.04 Å². The summed E-state index contributed by atoms with van der Waals surface area (Å²) in [4.78, 5) is 27.5. The molecule has 2 heterocycles. The molecule has 1 atom stereocenters. The number of amides is 2. The lowest BCUT2D eigenvalue weighted by Crippen LogP contribution is -2.31. The molecule has 0 bridgehead atoms. The summed E-state index contributed by atoms with van der Waals surface area (Å²) in [6.07, 6.45) is 5.49. The molecular weight excluding hydrogens is 464 g/mol. The van der Waals surface area contributed by atoms with Crippen molar-refractivity contribution in [1.29, 1.82) is 0 Å². The number of carbonyl (C=O) groups excluding carboxylic acids is 2. The third kappa shape index (κ3) is 4.57. The average Bonchev–Trinajstić information content (AvgIpc) is 3.55. The Morgan fingerprint density at radius 1 is 1.22 bits per heavy atom. The SMILES string of the molecule is CC1(C)CCc2c(-c3ccc4c(c3)CN([C@H](CO)c3ccc(C(=O)NCC5CC5)cc3)C4=O)n[nH]c2C1. The second-order valence-corrected chi connectivity index (χ2v) is 11.6. The maximum atomic E-state index is 13.3. The number of hydrogen-bond acceptors (Lipinski definition) is 4. The number of carbonyl (C=O) groups is 2. The third-order valence-corrected chi connectivity index (χ3v) is 8.23. The van der Waals surface area contributed by atoms with Gasteiger partial charge in [0.2, 0.25) is 0 Å². The van der Waals surface area contributed by atoms with Crippen molar-refractivity contribution in [2.24, 2.45) is 11.3 Å². The Morgan fingerprint density at radius 3 is 2.73 bits per heavy atom. The first kappa shape index (κ1) is 23.9. The van der Waals surface area contributed by atoms with Gasteiger partial charge in [0.15, 0.2) is 0 Å². The Labute approximate surface area is 217 Å². The van der Waals surface area contributed by atoms with E-state index in [2.05, 4.69) is 35.4 Å². The minimum Gasteiger partial charge on any atom is -0.394 e. The summed E-state index contributed by atoms with van der Waals surface area (Å²) in [5.74, 6) is 0.453. The molecule has 0 radical (unpaired) electrons. The number of aliphatic hydroxyl groups excluding tert-OH is 1. The number of hydrogen-bond donors (Lipinski definition) is 3. The minimum atomic E-state index is -0.479. The van der Waals surface area contributed by atoms with Gasteiger partial charge in [-0.3, -0.25) is 14.7 Å². The number of aromatic nitrogens is 2. The summed E-state index contributed by atoms with van der Waals surface area (Å²) in [6.45, 7) is 5.54. The Morgan fingerprint density at radius 2 is 2.00 bits per heavy atom. The summed E-state index contributed by atoms with van der Waals surface area (Å²) in [7, 11) is 0. The first-order valence-corrected chi connectivity index (χ1v) is 13.3. The van der Waals surface area contributed by atoms with E-state index in [1.54, 1.807) is 17.0 Å². The normalized spacial score (nSPS) is 18.9. The molecule has 3 aromatic rings. The van der Waals surface area contributed by atoms with Crippen LogP contribution < -0.4 is 5.32 Å². The molecule has 192 valence electrons. The van der Waals surface area contributed by atoms with Crippen molar-refractivity contribution >= 4 is 11.8 Å². The maximum absolute atomic E-state index is 13.3. The summed E-state index contributed by atoms with van der Waals surface area (Å²) in [6, 6.07) is 12.7. The summed E-state index contributed by atoms with van der Waals surface area (Å²) >= 11 is 0. The minimum absolute atomic E-state index is 0.0831. The van der Waals surface area contributed by atoms with Crippen LogP contribution in [0, 0.1) is 11.3 Å². The highest BCUT2D eigenvalue weighted by atomic mass is 16.3. The lowest BCUT2D eigenvalue weighted by Gasteiger charge is -2.29. The van der Waals surface area contributed by atoms with E-state index in [-0.39, 0.29) is 23.8 Å². The third-order valence-electron chi connectivity index (χ3n) is 8.23. The Bertz CT molecular complexity index is 1350. The van der Waals surface area contributed by atoms with Crippen LogP contribution in [-0.2, 0) is 19.4 Å². The fraction of sp³-hybridized carbons (Fsp3) is 0.433. The van der Waals surface area contributed by atoms with Gasteiger partial charge in [-0.1, -0.05) is 32.0 Å². The number of benzene rings is 2. The van der Waals surface area contributed by atoms with Crippen LogP contribution in [0.4, 0.5) is 0 Å². The van der Waals surface area contributed by atoms with E-state index in [1.807, 2.05) is 24.3 Å². The molecule has 2 aliphatic carbocycles. The lowest BCUT2D eigenvalue weighted by atomic mass is 9.76. The average molecular weight is 499 g/mol. The number of aliphatic hydroxyl groups is 1. The van der Waals surface area contributed by atoms with Gasteiger partial charge in [-0.15, -0.1) is 0 Å². The largest absolute Gasteiger partial charge is 0.394 e. The molecule has 7 heteroatoms. The molecule has 0 saturated heterocycles. The van der Waals surface area contributed by atoms with Crippen LogP contribution in [-0.4, -0.2) is 45.2 Å². The lowest BCUT2D eigenvalue weighted by molar-refractivity contribution is 0.0615. The quantitative estimate of drug-likeness (QED) is 0.449. The predicted octanol–water partition coefficient (Wildman–Crippen LogP) is 4.42. The van der Waals surface area contributed by atoms with Gasteiger partial charge in [0.05, 0.1) is 18.3 Å². The van der Waals surface area contributed by atoms with Crippen LogP contribution in [0.5, 0.6) is 0 Å². The van der Waals surface area contributed by atoms with E-state index in [0.717, 1.165) is 48.2 Å². The van der Waals surface area contributed by atoms with E-state index in [0.29, 0.717) is 23.6 Å². The van der Waals surface area contributed by atoms with Crippen molar-refractivity contribution in [3.8, 4) is 11.3 Å². The fourth-order valence-electron chi connectivity index (χ4n) is 5.73. The fourth-order valence-corrected chi connectivity index (χ4v) is 5.73. The maximum Gasteiger partial charge on any atom is 0.255 e. The zero-order valence-electron chi connectivity index (χ0n) is 21.5. The molecule has 3 aliphatic rings. The van der Waals surface area contributed by atoms with E-state index in [4.69, 9.17) is 0 Å². The second-order valence-electron chi connectivity index (χ2n) is 11.6. The molecule has 1 aliphatic heterocycles. The molecular formula is C30H34N4O3. The van der Waals surface area contributed by atoms with Crippen molar-refractivity contribution in [2.75, 3.05) is 13.2 Å². The first-order valence-electron chi connectivity index (χ1n) is 13.3. The van der Waals surface area contributed by atoms with Crippen LogP contribution in [0.1, 0.15) is 82.3 Å². The summed E-state index contributed by atoms with van der Waals surface area (Å²) in [5, 5.41) is 21.1. The Hall–Kier alpha value is -3.45. The van der Waals surface area contributed by atoms with Crippen LogP contribution in [0.2, 0.25) is 0 Å². The Kier molecular flexibility index (Phi) is 5.91. The van der Waals surface area contributed by atoms with Gasteiger partial charge in [-0.25, -0.2) is 0 Å². The number of nitrogens with zero attached hydrogens (tertiary/aromatic N) is 2. The standard InChI is InChI=1S/C30H34N4O3/c1-30(2)12-11-24-25(14-30)32-33-27(24)21-9-10-23-22(13-21)16-34(29(23)37)26(17-35)19-5-7-20(8-6-19)28(36)31-15-18-3-4-18/h5-10,13,18,26,35H,3-4,11-12,14-17H2,1-2H3,(H,31,36)(H,32,33)/t26-/m1/s1. The molecule has 37 heavy (non-hydrogen) atoms. The predicted molar refractivity (Wildman–Crippen MR) is 141 cm³/mol. The number of fused-ring (bicyclic) bond motifs is 2.